The minimum Gasteiger partial charge on any atom is -0.393 e. The van der Waals surface area contributed by atoms with E-state index in [1.54, 1.807) is 0 Å². The predicted molar refractivity (Wildman–Crippen MR) is 207 cm³/mol. The van der Waals surface area contributed by atoms with Gasteiger partial charge < -0.3 is 15.5 Å². The number of aliphatic hydroxyl groups excluding tert-OH is 2. The molecular formula is C42H80N3O3+. The summed E-state index contributed by atoms with van der Waals surface area (Å²) >= 11 is 0. The van der Waals surface area contributed by atoms with Gasteiger partial charge in [-0.3, -0.25) is 14.3 Å². The van der Waals surface area contributed by atoms with E-state index in [9.17, 15) is 15.0 Å². The van der Waals surface area contributed by atoms with Gasteiger partial charge in [0, 0.05) is 12.8 Å². The van der Waals surface area contributed by atoms with Crippen LogP contribution in [0.25, 0.3) is 0 Å². The van der Waals surface area contributed by atoms with E-state index < -0.39 is 0 Å². The summed E-state index contributed by atoms with van der Waals surface area (Å²) in [6.45, 7) is 11.6. The minimum atomic E-state index is -0.174. The Balaban J connectivity index is 2.04. The molecule has 6 heteroatoms. The van der Waals surface area contributed by atoms with E-state index in [-0.39, 0.29) is 18.1 Å². The van der Waals surface area contributed by atoms with E-state index >= 15 is 0 Å². The number of nitrogens with zero attached hydrogens (tertiary/aromatic N) is 2. The smallest absolute Gasteiger partial charge is 0.247 e. The lowest BCUT2D eigenvalue weighted by Gasteiger charge is -2.14. The average molecular weight is 675 g/mol. The van der Waals surface area contributed by atoms with Gasteiger partial charge in [0.05, 0.1) is 25.3 Å². The molecule has 1 rings (SSSR count). The number of allylic oxidation sites excluding steroid dienone is 2. The van der Waals surface area contributed by atoms with Crippen molar-refractivity contribution in [3.8, 4) is 0 Å². The van der Waals surface area contributed by atoms with Crippen molar-refractivity contribution in [3.63, 3.8) is 0 Å². The summed E-state index contributed by atoms with van der Waals surface area (Å²) < 4.78 is 2.53. The van der Waals surface area contributed by atoms with Crippen molar-refractivity contribution in [1.82, 2.24) is 10.2 Å². The fourth-order valence-corrected chi connectivity index (χ4v) is 6.76. The van der Waals surface area contributed by atoms with Gasteiger partial charge in [0.1, 0.15) is 19.6 Å². The van der Waals surface area contributed by atoms with Gasteiger partial charge in [-0.15, -0.1) is 0 Å². The van der Waals surface area contributed by atoms with E-state index in [1.807, 2.05) is 0 Å². The molecule has 6 nitrogen and oxygen atoms in total. The summed E-state index contributed by atoms with van der Waals surface area (Å²) in [4.78, 5) is 14.9. The summed E-state index contributed by atoms with van der Waals surface area (Å²) in [5.41, 5.74) is 0. The van der Waals surface area contributed by atoms with Gasteiger partial charge in [0.25, 0.3) is 0 Å². The van der Waals surface area contributed by atoms with Crippen LogP contribution in [0.5, 0.6) is 0 Å². The molecule has 1 heterocycles. The van der Waals surface area contributed by atoms with Crippen LogP contribution in [-0.2, 0) is 4.79 Å². The SMILES string of the molecule is CCCCCCC(O)C/C=C\CCCCCCCC(=O)NCCN1CC[N+](CC)=C1CCCCCCC/C=C\CC(O)CCCCCC. The maximum absolute atomic E-state index is 12.4. The number of carbonyl (C=O) groups is 1. The Kier molecular flexibility index (Phi) is 30.1. The van der Waals surface area contributed by atoms with Crippen LogP contribution in [0, 0.1) is 0 Å². The number of likely N-dealkylation sites (N-methyl/N-ethyl adjacent to an activating group) is 1. The fourth-order valence-electron chi connectivity index (χ4n) is 6.76. The Bertz CT molecular complexity index is 840. The molecule has 0 bridgehead atoms. The van der Waals surface area contributed by atoms with E-state index in [4.69, 9.17) is 0 Å². The zero-order valence-corrected chi connectivity index (χ0v) is 32.1. The van der Waals surface area contributed by atoms with Crippen LogP contribution in [0.15, 0.2) is 24.3 Å². The number of aliphatic hydroxyl groups is 2. The molecule has 0 aromatic carbocycles. The molecule has 2 unspecified atom stereocenters. The first kappa shape index (κ1) is 44.4. The van der Waals surface area contributed by atoms with Gasteiger partial charge >= 0.3 is 0 Å². The molecular weight excluding hydrogens is 594 g/mol. The quantitative estimate of drug-likeness (QED) is 0.0361. The molecule has 48 heavy (non-hydrogen) atoms. The molecule has 0 saturated heterocycles. The van der Waals surface area contributed by atoms with Crippen LogP contribution < -0.4 is 5.32 Å². The molecule has 3 N–H and O–H groups in total. The lowest BCUT2D eigenvalue weighted by atomic mass is 10.1. The number of amidine groups is 1. The molecule has 2 atom stereocenters. The van der Waals surface area contributed by atoms with Gasteiger partial charge in [-0.2, -0.15) is 0 Å². The molecule has 0 spiro atoms. The summed E-state index contributed by atoms with van der Waals surface area (Å²) in [6, 6.07) is 0. The summed E-state index contributed by atoms with van der Waals surface area (Å²) in [7, 11) is 0. The lowest BCUT2D eigenvalue weighted by molar-refractivity contribution is -0.515. The van der Waals surface area contributed by atoms with Crippen molar-refractivity contribution in [2.24, 2.45) is 0 Å². The van der Waals surface area contributed by atoms with Gasteiger partial charge in [-0.25, -0.2) is 0 Å². The monoisotopic (exact) mass is 675 g/mol. The number of amides is 1. The van der Waals surface area contributed by atoms with Crippen LogP contribution in [0.2, 0.25) is 0 Å². The third kappa shape index (κ3) is 25.3. The number of carbonyl (C=O) groups excluding carboxylic acids is 1. The second-order valence-electron chi connectivity index (χ2n) is 14.4. The maximum Gasteiger partial charge on any atom is 0.247 e. The van der Waals surface area contributed by atoms with Crippen LogP contribution >= 0.6 is 0 Å². The van der Waals surface area contributed by atoms with E-state index in [1.165, 1.54) is 95.7 Å². The standard InChI is InChI=1S/C42H79N3O3/c1-4-7-9-23-29-39(46)31-25-19-15-11-13-17-21-27-33-41(48)43-35-36-45-38-37-44(6-3)42(45)34-28-22-18-14-12-16-20-26-32-40(47)30-24-10-8-5-2/h19-20,25-26,39-40,46-47H,4-18,21-24,27-38H2,1-3H3/p+1/b25-19-,26-20-. The number of hydrogen-bond donors (Lipinski definition) is 3. The maximum atomic E-state index is 12.4. The van der Waals surface area contributed by atoms with Crippen molar-refractivity contribution in [1.29, 1.82) is 0 Å². The van der Waals surface area contributed by atoms with Crippen molar-refractivity contribution < 1.29 is 19.6 Å². The first-order valence-corrected chi connectivity index (χ1v) is 20.8. The fraction of sp³-hybridized carbons (Fsp3) is 0.857. The molecule has 0 fully saturated rings. The zero-order valence-electron chi connectivity index (χ0n) is 32.1. The van der Waals surface area contributed by atoms with Crippen LogP contribution in [0.4, 0.5) is 0 Å². The van der Waals surface area contributed by atoms with Gasteiger partial charge in [0.15, 0.2) is 0 Å². The van der Waals surface area contributed by atoms with Gasteiger partial charge in [-0.05, 0) is 71.1 Å². The molecule has 0 aromatic heterocycles. The summed E-state index contributed by atoms with van der Waals surface area (Å²) in [5, 5.41) is 23.3. The highest BCUT2D eigenvalue weighted by molar-refractivity contribution is 5.79. The number of hydrogen-bond acceptors (Lipinski definition) is 4. The summed E-state index contributed by atoms with van der Waals surface area (Å²) in [5.74, 6) is 1.68. The Labute approximate surface area is 297 Å². The normalized spacial score (nSPS) is 15.0. The highest BCUT2D eigenvalue weighted by atomic mass is 16.3. The Morgan fingerprint density at radius 2 is 1.23 bits per heavy atom. The minimum absolute atomic E-state index is 0.161. The van der Waals surface area contributed by atoms with Crippen molar-refractivity contribution >= 4 is 11.7 Å². The molecule has 1 aliphatic rings. The molecule has 1 amide bonds. The number of rotatable bonds is 34. The topological polar surface area (TPSA) is 75.8 Å². The average Bonchev–Trinajstić information content (AvgIpc) is 3.48. The molecule has 280 valence electrons. The Hall–Kier alpha value is -1.66. The predicted octanol–water partition coefficient (Wildman–Crippen LogP) is 9.87. The van der Waals surface area contributed by atoms with Crippen molar-refractivity contribution in [2.75, 3.05) is 32.7 Å². The number of unbranched alkanes of at least 4 members (excludes halogenated alkanes) is 16. The third-order valence-corrected chi connectivity index (χ3v) is 9.93. The van der Waals surface area contributed by atoms with Crippen LogP contribution in [-0.4, -0.2) is 76.4 Å². The van der Waals surface area contributed by atoms with Crippen LogP contribution in [0.1, 0.15) is 188 Å². The Morgan fingerprint density at radius 1 is 0.708 bits per heavy atom. The number of nitrogens with one attached hydrogen (secondary N) is 1. The summed E-state index contributed by atoms with van der Waals surface area (Å²) in [6.07, 6.45) is 37.9. The lowest BCUT2D eigenvalue weighted by Crippen LogP contribution is -2.37. The van der Waals surface area contributed by atoms with Crippen molar-refractivity contribution in [2.45, 2.75) is 200 Å². The van der Waals surface area contributed by atoms with Gasteiger partial charge in [-0.1, -0.05) is 128 Å². The Morgan fingerprint density at radius 3 is 1.79 bits per heavy atom. The highest BCUT2D eigenvalue weighted by Crippen LogP contribution is 2.14. The molecule has 0 radical (unpaired) electrons. The largest absolute Gasteiger partial charge is 0.393 e. The van der Waals surface area contributed by atoms with E-state index in [0.717, 1.165) is 103 Å². The molecule has 0 aromatic rings. The molecule has 0 aliphatic carbocycles. The second kappa shape index (κ2) is 32.5. The second-order valence-corrected chi connectivity index (χ2v) is 14.4. The molecule has 0 saturated carbocycles. The van der Waals surface area contributed by atoms with E-state index in [2.05, 4.69) is 59.9 Å². The third-order valence-electron chi connectivity index (χ3n) is 9.93. The highest BCUT2D eigenvalue weighted by Gasteiger charge is 2.28. The first-order valence-electron chi connectivity index (χ1n) is 20.8. The first-order chi connectivity index (χ1) is 23.5. The zero-order chi connectivity index (χ0) is 34.9. The van der Waals surface area contributed by atoms with E-state index in [0.29, 0.717) is 6.42 Å². The van der Waals surface area contributed by atoms with Crippen LogP contribution in [0.3, 0.4) is 0 Å². The molecule has 1 aliphatic heterocycles. The van der Waals surface area contributed by atoms with Crippen molar-refractivity contribution in [3.05, 3.63) is 24.3 Å². The van der Waals surface area contributed by atoms with Gasteiger partial charge in [0.2, 0.25) is 11.7 Å².